The molecule has 1 amide bonds. The van der Waals surface area contributed by atoms with Gasteiger partial charge in [0.15, 0.2) is 0 Å². The van der Waals surface area contributed by atoms with E-state index in [1.54, 1.807) is 7.05 Å². The van der Waals surface area contributed by atoms with Crippen LogP contribution in [0.3, 0.4) is 0 Å². The van der Waals surface area contributed by atoms with E-state index in [4.69, 9.17) is 0 Å². The lowest BCUT2D eigenvalue weighted by atomic mass is 9.87. The van der Waals surface area contributed by atoms with Crippen molar-refractivity contribution in [2.45, 2.75) is 46.1 Å². The number of aryl methyl sites for hydroxylation is 2. The molecule has 1 N–H and O–H groups in total. The van der Waals surface area contributed by atoms with Crippen molar-refractivity contribution in [3.63, 3.8) is 0 Å². The van der Waals surface area contributed by atoms with Crippen LogP contribution < -0.4 is 10.9 Å². The summed E-state index contributed by atoms with van der Waals surface area (Å²) in [7, 11) is 1.67. The molecule has 0 aromatic carbocycles. The molecule has 6 heteroatoms. The minimum absolute atomic E-state index is 0.0810. The van der Waals surface area contributed by atoms with Gasteiger partial charge in [0.25, 0.3) is 11.5 Å². The van der Waals surface area contributed by atoms with Crippen molar-refractivity contribution in [3.05, 3.63) is 27.1 Å². The highest BCUT2D eigenvalue weighted by molar-refractivity contribution is 7.20. The average molecular weight is 319 g/mol. The second-order valence-electron chi connectivity index (χ2n) is 6.80. The molecule has 1 aliphatic rings. The summed E-state index contributed by atoms with van der Waals surface area (Å²) in [5, 5.41) is 3.72. The molecule has 118 valence electrons. The molecular weight excluding hydrogens is 298 g/mol. The van der Waals surface area contributed by atoms with Crippen molar-refractivity contribution in [1.29, 1.82) is 0 Å². The van der Waals surface area contributed by atoms with Gasteiger partial charge in [-0.2, -0.15) is 0 Å². The van der Waals surface area contributed by atoms with Crippen LogP contribution in [0.4, 0.5) is 0 Å². The van der Waals surface area contributed by atoms with E-state index in [1.165, 1.54) is 22.2 Å². The highest BCUT2D eigenvalue weighted by atomic mass is 32.1. The van der Waals surface area contributed by atoms with E-state index in [9.17, 15) is 9.59 Å². The molecule has 0 unspecified atom stereocenters. The number of hydrogen-bond donors (Lipinski definition) is 1. The van der Waals surface area contributed by atoms with Crippen LogP contribution in [0.15, 0.2) is 11.1 Å². The number of carbonyl (C=O) groups is 1. The van der Waals surface area contributed by atoms with E-state index in [0.717, 1.165) is 24.8 Å². The number of nitrogens with zero attached hydrogens (tertiary/aromatic N) is 2. The lowest BCUT2D eigenvalue weighted by Crippen LogP contribution is -2.41. The third-order valence-corrected chi connectivity index (χ3v) is 5.98. The van der Waals surface area contributed by atoms with Gasteiger partial charge in [0, 0.05) is 13.1 Å². The Labute approximate surface area is 133 Å². The van der Waals surface area contributed by atoms with Gasteiger partial charge in [-0.25, -0.2) is 4.98 Å². The predicted molar refractivity (Wildman–Crippen MR) is 88.5 cm³/mol. The molecule has 0 bridgehead atoms. The summed E-state index contributed by atoms with van der Waals surface area (Å²) in [5.74, 6) is -0.0810. The van der Waals surface area contributed by atoms with Crippen LogP contribution in [0.5, 0.6) is 0 Å². The topological polar surface area (TPSA) is 64.0 Å². The largest absolute Gasteiger partial charge is 0.348 e. The van der Waals surface area contributed by atoms with E-state index >= 15 is 0 Å². The zero-order valence-electron chi connectivity index (χ0n) is 13.4. The van der Waals surface area contributed by atoms with E-state index in [0.29, 0.717) is 15.1 Å². The van der Waals surface area contributed by atoms with Crippen LogP contribution in [-0.4, -0.2) is 21.5 Å². The molecule has 2 aromatic heterocycles. The van der Waals surface area contributed by atoms with Crippen LogP contribution >= 0.6 is 11.3 Å². The molecule has 0 radical (unpaired) electrons. The van der Waals surface area contributed by atoms with Crippen molar-refractivity contribution in [2.75, 3.05) is 0 Å². The summed E-state index contributed by atoms with van der Waals surface area (Å²) in [5.41, 5.74) is 0.773. The highest BCUT2D eigenvalue weighted by Crippen LogP contribution is 2.37. The molecule has 0 spiro atoms. The van der Waals surface area contributed by atoms with E-state index < -0.39 is 0 Å². The normalized spacial score (nSPS) is 20.5. The Morgan fingerprint density at radius 2 is 2.23 bits per heavy atom. The maximum atomic E-state index is 12.6. The van der Waals surface area contributed by atoms with Gasteiger partial charge in [-0.1, -0.05) is 20.3 Å². The number of aromatic nitrogens is 2. The molecule has 1 aliphatic carbocycles. The Hall–Kier alpha value is -1.69. The van der Waals surface area contributed by atoms with Crippen LogP contribution in [0, 0.1) is 12.3 Å². The molecule has 2 aromatic rings. The molecule has 3 rings (SSSR count). The fraction of sp³-hybridized carbons (Fsp3) is 0.562. The number of fused-ring (bicyclic) bond motifs is 1. The Bertz CT molecular complexity index is 804. The van der Waals surface area contributed by atoms with Crippen LogP contribution in [0.1, 0.15) is 48.3 Å². The first-order chi connectivity index (χ1) is 10.3. The first kappa shape index (κ1) is 15.2. The maximum Gasteiger partial charge on any atom is 0.262 e. The van der Waals surface area contributed by atoms with Crippen molar-refractivity contribution in [3.8, 4) is 0 Å². The Morgan fingerprint density at radius 3 is 2.86 bits per heavy atom. The molecule has 2 heterocycles. The molecule has 1 saturated carbocycles. The molecule has 22 heavy (non-hydrogen) atoms. The van der Waals surface area contributed by atoms with Gasteiger partial charge in [-0.05, 0) is 30.7 Å². The second-order valence-corrected chi connectivity index (χ2v) is 7.80. The van der Waals surface area contributed by atoms with Crippen LogP contribution in [-0.2, 0) is 7.05 Å². The molecular formula is C16H21N3O2S. The summed E-state index contributed by atoms with van der Waals surface area (Å²) >= 11 is 1.30. The number of rotatable bonds is 2. The zero-order chi connectivity index (χ0) is 16.1. The fourth-order valence-electron chi connectivity index (χ4n) is 3.24. The van der Waals surface area contributed by atoms with Gasteiger partial charge in [0.1, 0.15) is 4.83 Å². The van der Waals surface area contributed by atoms with Gasteiger partial charge in [0.05, 0.1) is 16.6 Å². The second kappa shape index (κ2) is 5.19. The molecule has 0 saturated heterocycles. The standard InChI is InChI=1S/C16H21N3O2S/c1-9-11-14(17-8-19(4)15(11)21)22-12(9)13(20)18-10-6-5-7-16(10,2)3/h8,10H,5-7H2,1-4H3,(H,18,20)/t10-/m1/s1. The summed E-state index contributed by atoms with van der Waals surface area (Å²) in [6.07, 6.45) is 4.79. The Kier molecular flexibility index (Phi) is 3.59. The van der Waals surface area contributed by atoms with Crippen LogP contribution in [0.25, 0.3) is 10.2 Å². The minimum Gasteiger partial charge on any atom is -0.348 e. The third kappa shape index (κ3) is 2.35. The van der Waals surface area contributed by atoms with Gasteiger partial charge >= 0.3 is 0 Å². The van der Waals surface area contributed by atoms with E-state index in [1.807, 2.05) is 6.92 Å². The number of thiophene rings is 1. The molecule has 1 atom stereocenters. The lowest BCUT2D eigenvalue weighted by Gasteiger charge is -2.27. The van der Waals surface area contributed by atoms with Gasteiger partial charge < -0.3 is 9.88 Å². The van der Waals surface area contributed by atoms with Crippen molar-refractivity contribution < 1.29 is 4.79 Å². The van der Waals surface area contributed by atoms with Crippen molar-refractivity contribution in [2.24, 2.45) is 12.5 Å². The average Bonchev–Trinajstić information content (AvgIpc) is 2.95. The highest BCUT2D eigenvalue weighted by Gasteiger charge is 2.36. The number of hydrogen-bond acceptors (Lipinski definition) is 4. The molecule has 0 aliphatic heterocycles. The smallest absolute Gasteiger partial charge is 0.262 e. The summed E-state index contributed by atoms with van der Waals surface area (Å²) in [6.45, 7) is 6.22. The van der Waals surface area contributed by atoms with E-state index in [2.05, 4.69) is 24.1 Å². The molecule has 1 fully saturated rings. The Balaban J connectivity index is 1.97. The number of amides is 1. The monoisotopic (exact) mass is 319 g/mol. The Morgan fingerprint density at radius 1 is 1.50 bits per heavy atom. The third-order valence-electron chi connectivity index (χ3n) is 4.78. The lowest BCUT2D eigenvalue weighted by molar-refractivity contribution is 0.0913. The first-order valence-electron chi connectivity index (χ1n) is 7.57. The summed E-state index contributed by atoms with van der Waals surface area (Å²) < 4.78 is 1.45. The van der Waals surface area contributed by atoms with Gasteiger partial charge in [0.2, 0.25) is 0 Å². The van der Waals surface area contributed by atoms with E-state index in [-0.39, 0.29) is 22.9 Å². The quantitative estimate of drug-likeness (QED) is 0.925. The summed E-state index contributed by atoms with van der Waals surface area (Å²) in [6, 6.07) is 0.195. The fourth-order valence-corrected chi connectivity index (χ4v) is 4.29. The van der Waals surface area contributed by atoms with Crippen molar-refractivity contribution in [1.82, 2.24) is 14.9 Å². The van der Waals surface area contributed by atoms with Gasteiger partial charge in [-0.15, -0.1) is 11.3 Å². The minimum atomic E-state index is -0.0982. The van der Waals surface area contributed by atoms with Crippen molar-refractivity contribution >= 4 is 27.5 Å². The SMILES string of the molecule is Cc1c(C(=O)N[C@@H]2CCCC2(C)C)sc2ncn(C)c(=O)c12. The maximum absolute atomic E-state index is 12.6. The zero-order valence-corrected chi connectivity index (χ0v) is 14.2. The summed E-state index contributed by atoms with van der Waals surface area (Å²) in [4.78, 5) is 30.4. The first-order valence-corrected chi connectivity index (χ1v) is 8.38. The van der Waals surface area contributed by atoms with Gasteiger partial charge in [-0.3, -0.25) is 9.59 Å². The van der Waals surface area contributed by atoms with Crippen LogP contribution in [0.2, 0.25) is 0 Å². The predicted octanol–water partition coefficient (Wildman–Crippen LogP) is 2.61. The molecule has 5 nitrogen and oxygen atoms in total. The number of nitrogens with one attached hydrogen (secondary N) is 1. The number of carbonyl (C=O) groups excluding carboxylic acids is 1.